The molecular weight excluding hydrogens is 431 g/mol. The minimum Gasteiger partial charge on any atom is -0.490 e. The van der Waals surface area contributed by atoms with E-state index in [1.54, 1.807) is 0 Å². The Balaban J connectivity index is 2.25. The van der Waals surface area contributed by atoms with E-state index in [0.717, 1.165) is 31.2 Å². The van der Waals surface area contributed by atoms with E-state index in [4.69, 9.17) is 19.4 Å². The van der Waals surface area contributed by atoms with E-state index >= 15 is 0 Å². The van der Waals surface area contributed by atoms with Crippen molar-refractivity contribution < 1.29 is 41.1 Å². The molecular formula is C18H14F4N2O5P+. The lowest BCUT2D eigenvalue weighted by atomic mass is 10.1. The maximum Gasteiger partial charge on any atom is 0.695 e. The summed E-state index contributed by atoms with van der Waals surface area (Å²) in [6.07, 6.45) is -4.84. The van der Waals surface area contributed by atoms with Crippen LogP contribution < -0.4 is 10.1 Å². The van der Waals surface area contributed by atoms with Crippen molar-refractivity contribution in [3.05, 3.63) is 59.4 Å². The second-order valence-electron chi connectivity index (χ2n) is 6.13. The Bertz CT molecular complexity index is 992. The van der Waals surface area contributed by atoms with Gasteiger partial charge in [-0.2, -0.15) is 18.4 Å². The maximum absolute atomic E-state index is 13.1. The van der Waals surface area contributed by atoms with E-state index in [0.29, 0.717) is 6.07 Å². The number of carbonyl (C=O) groups excluding carboxylic acids is 1. The average molecular weight is 445 g/mol. The highest BCUT2D eigenvalue weighted by atomic mass is 31.1. The summed E-state index contributed by atoms with van der Waals surface area (Å²) in [6.45, 7) is 0.470. The SMILES string of the molecule is CC(COc1ccc(F)cc1)(O[P+](=O)O)C(=O)Nc1ccc(C#N)c(C(F)(F)F)c1. The van der Waals surface area contributed by atoms with Gasteiger partial charge >= 0.3 is 14.4 Å². The first-order valence-electron chi connectivity index (χ1n) is 8.11. The molecule has 0 fully saturated rings. The Kier molecular flexibility index (Phi) is 7.10. The zero-order valence-electron chi connectivity index (χ0n) is 15.2. The van der Waals surface area contributed by atoms with Crippen LogP contribution in [0.15, 0.2) is 42.5 Å². The maximum atomic E-state index is 13.1. The molecule has 158 valence electrons. The molecule has 2 atom stereocenters. The third-order valence-corrected chi connectivity index (χ3v) is 4.35. The Morgan fingerprint density at radius 1 is 1.23 bits per heavy atom. The second kappa shape index (κ2) is 9.17. The largest absolute Gasteiger partial charge is 0.695 e. The molecule has 2 N–H and O–H groups in total. The first kappa shape index (κ1) is 23.2. The molecule has 2 aromatic rings. The summed E-state index contributed by atoms with van der Waals surface area (Å²) < 4.78 is 73.4. The fourth-order valence-corrected chi connectivity index (χ4v) is 2.76. The van der Waals surface area contributed by atoms with E-state index < -0.39 is 49.5 Å². The number of benzene rings is 2. The topological polar surface area (TPSA) is 109 Å². The van der Waals surface area contributed by atoms with Crippen molar-refractivity contribution >= 4 is 19.8 Å². The van der Waals surface area contributed by atoms with Crippen molar-refractivity contribution in [3.63, 3.8) is 0 Å². The van der Waals surface area contributed by atoms with Crippen LogP contribution in [0.4, 0.5) is 23.2 Å². The monoisotopic (exact) mass is 445 g/mol. The molecule has 0 bridgehead atoms. The first-order valence-corrected chi connectivity index (χ1v) is 9.24. The van der Waals surface area contributed by atoms with Crippen LogP contribution in [-0.4, -0.2) is 23.0 Å². The van der Waals surface area contributed by atoms with Gasteiger partial charge in [0.25, 0.3) is 5.91 Å². The number of rotatable bonds is 7. The number of anilines is 1. The van der Waals surface area contributed by atoms with E-state index in [1.165, 1.54) is 18.2 Å². The summed E-state index contributed by atoms with van der Waals surface area (Å²) in [5.41, 5.74) is -4.32. The fourth-order valence-electron chi connectivity index (χ4n) is 2.27. The van der Waals surface area contributed by atoms with E-state index in [1.807, 2.05) is 0 Å². The van der Waals surface area contributed by atoms with E-state index in [9.17, 15) is 26.9 Å². The third-order valence-electron chi connectivity index (χ3n) is 3.79. The molecule has 0 saturated heterocycles. The van der Waals surface area contributed by atoms with Crippen LogP contribution in [0.25, 0.3) is 0 Å². The summed E-state index contributed by atoms with van der Waals surface area (Å²) in [6, 6.07) is 8.53. The molecule has 0 aliphatic carbocycles. The molecule has 0 spiro atoms. The summed E-state index contributed by atoms with van der Waals surface area (Å²) in [7, 11) is -3.29. The van der Waals surface area contributed by atoms with Gasteiger partial charge in [-0.3, -0.25) is 4.79 Å². The number of ether oxygens (including phenoxy) is 1. The average Bonchev–Trinajstić information content (AvgIpc) is 2.66. The highest BCUT2D eigenvalue weighted by molar-refractivity contribution is 7.32. The minimum atomic E-state index is -4.84. The van der Waals surface area contributed by atoms with Gasteiger partial charge in [0.05, 0.1) is 17.2 Å². The number of nitrogens with one attached hydrogen (secondary N) is 1. The van der Waals surface area contributed by atoms with Crippen molar-refractivity contribution in [2.24, 2.45) is 0 Å². The number of hydrogen-bond acceptors (Lipinski definition) is 5. The van der Waals surface area contributed by atoms with Gasteiger partial charge in [-0.25, -0.2) is 4.39 Å². The summed E-state index contributed by atoms with van der Waals surface area (Å²) in [5, 5.41) is 11.0. The molecule has 0 aromatic heterocycles. The van der Waals surface area contributed by atoms with Crippen molar-refractivity contribution in [3.8, 4) is 11.8 Å². The molecule has 12 heteroatoms. The molecule has 0 aliphatic rings. The van der Waals surface area contributed by atoms with E-state index in [2.05, 4.69) is 5.32 Å². The predicted octanol–water partition coefficient (Wildman–Crippen LogP) is 4.16. The van der Waals surface area contributed by atoms with Crippen molar-refractivity contribution in [1.29, 1.82) is 5.26 Å². The highest BCUT2D eigenvalue weighted by Crippen LogP contribution is 2.34. The Morgan fingerprint density at radius 2 is 1.87 bits per heavy atom. The molecule has 1 amide bonds. The van der Waals surface area contributed by atoms with Crippen LogP contribution in [0.2, 0.25) is 0 Å². The molecule has 0 radical (unpaired) electrons. The van der Waals surface area contributed by atoms with Crippen molar-refractivity contribution in [1.82, 2.24) is 0 Å². The fraction of sp³-hybridized carbons (Fsp3) is 0.222. The van der Waals surface area contributed by atoms with Crippen LogP contribution in [0, 0.1) is 17.1 Å². The molecule has 2 rings (SSSR count). The molecule has 7 nitrogen and oxygen atoms in total. The second-order valence-corrected chi connectivity index (χ2v) is 6.78. The quantitative estimate of drug-likeness (QED) is 0.490. The number of carbonyl (C=O) groups is 1. The summed E-state index contributed by atoms with van der Waals surface area (Å²) in [4.78, 5) is 21.7. The molecule has 30 heavy (non-hydrogen) atoms. The lowest BCUT2D eigenvalue weighted by Gasteiger charge is -2.22. The third kappa shape index (κ3) is 5.97. The molecule has 2 aromatic carbocycles. The number of halogens is 4. The van der Waals surface area contributed by atoms with Gasteiger partial charge in [-0.1, -0.05) is 4.52 Å². The van der Waals surface area contributed by atoms with Crippen molar-refractivity contribution in [2.75, 3.05) is 11.9 Å². The summed E-state index contributed by atoms with van der Waals surface area (Å²) in [5.74, 6) is -1.51. The van der Waals surface area contributed by atoms with Crippen LogP contribution in [0.5, 0.6) is 5.75 Å². The van der Waals surface area contributed by atoms with Gasteiger partial charge in [0.15, 0.2) is 0 Å². The van der Waals surface area contributed by atoms with Crippen LogP contribution in [-0.2, 0) is 20.1 Å². The van der Waals surface area contributed by atoms with Gasteiger partial charge < -0.3 is 10.1 Å². The van der Waals surface area contributed by atoms with Gasteiger partial charge in [0.2, 0.25) is 5.60 Å². The van der Waals surface area contributed by atoms with Crippen LogP contribution >= 0.6 is 8.25 Å². The zero-order valence-corrected chi connectivity index (χ0v) is 16.1. The predicted molar refractivity (Wildman–Crippen MR) is 96.0 cm³/mol. The highest BCUT2D eigenvalue weighted by Gasteiger charge is 2.45. The number of hydrogen-bond donors (Lipinski definition) is 2. The number of amides is 1. The van der Waals surface area contributed by atoms with Gasteiger partial charge in [0.1, 0.15) is 18.2 Å². The Labute approximate surface area is 168 Å². The lowest BCUT2D eigenvalue weighted by molar-refractivity contribution is -0.138. The van der Waals surface area contributed by atoms with Gasteiger partial charge in [-0.15, -0.1) is 4.89 Å². The smallest absolute Gasteiger partial charge is 0.490 e. The van der Waals surface area contributed by atoms with Crippen LogP contribution in [0.1, 0.15) is 18.1 Å². The summed E-state index contributed by atoms with van der Waals surface area (Å²) >= 11 is 0. The Morgan fingerprint density at radius 3 is 2.40 bits per heavy atom. The standard InChI is InChI=1S/C18H13F4N2O5P/c1-17(29-30(26)27,10-28-14-6-3-12(19)4-7-14)16(25)24-13-5-2-11(9-23)15(8-13)18(20,21)22/h2-8H,10H2,1H3,(H-,24,25,26,27)/p+1. The number of alkyl halides is 3. The normalized spacial score (nSPS) is 13.7. The molecule has 0 aliphatic heterocycles. The number of nitriles is 1. The van der Waals surface area contributed by atoms with Crippen LogP contribution in [0.3, 0.4) is 0 Å². The molecule has 0 saturated carbocycles. The molecule has 0 heterocycles. The number of nitrogens with zero attached hydrogens (tertiary/aromatic N) is 1. The zero-order chi connectivity index (χ0) is 22.5. The molecule has 2 unspecified atom stereocenters. The lowest BCUT2D eigenvalue weighted by Crippen LogP contribution is -2.46. The van der Waals surface area contributed by atoms with E-state index in [-0.39, 0.29) is 11.4 Å². The first-order chi connectivity index (χ1) is 13.9. The Hall–Kier alpha value is -3.06. The van der Waals surface area contributed by atoms with Gasteiger partial charge in [-0.05, 0) is 49.4 Å². The minimum absolute atomic E-state index is 0.116. The van der Waals surface area contributed by atoms with Gasteiger partial charge in [0, 0.05) is 10.3 Å². The van der Waals surface area contributed by atoms with Crippen molar-refractivity contribution in [2.45, 2.75) is 18.7 Å².